The SMILES string of the molecule is CCN1CCCC1=O.N#Cc1ccccc1. The van der Waals surface area contributed by atoms with E-state index in [4.69, 9.17) is 5.26 Å². The summed E-state index contributed by atoms with van der Waals surface area (Å²) in [4.78, 5) is 12.6. The zero-order chi connectivity index (χ0) is 11.8. The van der Waals surface area contributed by atoms with E-state index in [9.17, 15) is 4.79 Å². The fraction of sp³-hybridized carbons (Fsp3) is 0.385. The van der Waals surface area contributed by atoms with Gasteiger partial charge >= 0.3 is 0 Å². The van der Waals surface area contributed by atoms with Gasteiger partial charge in [-0.25, -0.2) is 0 Å². The predicted octanol–water partition coefficient (Wildman–Crippen LogP) is 2.19. The Morgan fingerprint density at radius 1 is 1.38 bits per heavy atom. The molecule has 1 aromatic rings. The number of hydrogen-bond donors (Lipinski definition) is 0. The second-order valence-corrected chi connectivity index (χ2v) is 3.55. The average Bonchev–Trinajstić information content (AvgIpc) is 2.76. The molecule has 0 aromatic heterocycles. The van der Waals surface area contributed by atoms with Crippen LogP contribution in [0.2, 0.25) is 0 Å². The Labute approximate surface area is 96.3 Å². The number of rotatable bonds is 1. The summed E-state index contributed by atoms with van der Waals surface area (Å²) in [7, 11) is 0. The van der Waals surface area contributed by atoms with Crippen molar-refractivity contribution < 1.29 is 4.79 Å². The van der Waals surface area contributed by atoms with Gasteiger partial charge in [0.15, 0.2) is 0 Å². The highest BCUT2D eigenvalue weighted by molar-refractivity contribution is 5.77. The van der Waals surface area contributed by atoms with E-state index in [0.29, 0.717) is 11.5 Å². The number of amides is 1. The van der Waals surface area contributed by atoms with Crippen LogP contribution < -0.4 is 0 Å². The van der Waals surface area contributed by atoms with Gasteiger partial charge in [-0.2, -0.15) is 5.26 Å². The summed E-state index contributed by atoms with van der Waals surface area (Å²) in [5, 5.41) is 8.29. The minimum Gasteiger partial charge on any atom is -0.343 e. The molecule has 1 aliphatic rings. The number of nitrogens with zero attached hydrogens (tertiary/aromatic N) is 2. The molecule has 0 radical (unpaired) electrons. The molecule has 1 amide bonds. The van der Waals surface area contributed by atoms with Crippen molar-refractivity contribution in [3.63, 3.8) is 0 Å². The average molecular weight is 216 g/mol. The maximum atomic E-state index is 10.7. The first-order valence-electron chi connectivity index (χ1n) is 5.51. The molecule has 3 nitrogen and oxygen atoms in total. The monoisotopic (exact) mass is 216 g/mol. The van der Waals surface area contributed by atoms with E-state index in [1.54, 1.807) is 12.1 Å². The summed E-state index contributed by atoms with van der Waals surface area (Å²) in [6, 6.07) is 11.2. The Bertz CT molecular complexity index is 367. The van der Waals surface area contributed by atoms with Gasteiger partial charge in [-0.3, -0.25) is 4.79 Å². The maximum Gasteiger partial charge on any atom is 0.222 e. The van der Waals surface area contributed by atoms with Gasteiger partial charge in [-0.1, -0.05) is 18.2 Å². The summed E-state index contributed by atoms with van der Waals surface area (Å²) in [5.74, 6) is 0.326. The normalized spacial score (nSPS) is 14.0. The van der Waals surface area contributed by atoms with E-state index in [0.717, 1.165) is 25.9 Å². The van der Waals surface area contributed by atoms with E-state index in [1.165, 1.54) is 0 Å². The molecule has 0 N–H and O–H groups in total. The lowest BCUT2D eigenvalue weighted by Crippen LogP contribution is -2.23. The van der Waals surface area contributed by atoms with Crippen molar-refractivity contribution in [2.75, 3.05) is 13.1 Å². The highest BCUT2D eigenvalue weighted by Crippen LogP contribution is 2.07. The van der Waals surface area contributed by atoms with Gasteiger partial charge in [-0.05, 0) is 25.5 Å². The van der Waals surface area contributed by atoms with Crippen molar-refractivity contribution in [1.29, 1.82) is 5.26 Å². The third kappa shape index (κ3) is 3.74. The third-order valence-corrected chi connectivity index (χ3v) is 2.46. The quantitative estimate of drug-likeness (QED) is 0.722. The first kappa shape index (κ1) is 12.3. The lowest BCUT2D eigenvalue weighted by atomic mass is 10.2. The van der Waals surface area contributed by atoms with Crippen LogP contribution in [0.15, 0.2) is 30.3 Å². The van der Waals surface area contributed by atoms with Crippen molar-refractivity contribution in [3.05, 3.63) is 35.9 Å². The van der Waals surface area contributed by atoms with Crippen molar-refractivity contribution in [2.24, 2.45) is 0 Å². The molecule has 84 valence electrons. The number of carbonyl (C=O) groups is 1. The lowest BCUT2D eigenvalue weighted by Gasteiger charge is -2.10. The van der Waals surface area contributed by atoms with Crippen LogP contribution in [0, 0.1) is 11.3 Å². The van der Waals surface area contributed by atoms with E-state index >= 15 is 0 Å². The zero-order valence-corrected chi connectivity index (χ0v) is 9.52. The number of benzene rings is 1. The van der Waals surface area contributed by atoms with Crippen LogP contribution >= 0.6 is 0 Å². The molecule has 16 heavy (non-hydrogen) atoms. The van der Waals surface area contributed by atoms with Crippen LogP contribution in [-0.4, -0.2) is 23.9 Å². The van der Waals surface area contributed by atoms with Gasteiger partial charge in [0.1, 0.15) is 0 Å². The third-order valence-electron chi connectivity index (χ3n) is 2.46. The van der Waals surface area contributed by atoms with Crippen molar-refractivity contribution in [1.82, 2.24) is 4.90 Å². The number of carbonyl (C=O) groups excluding carboxylic acids is 1. The first-order valence-corrected chi connectivity index (χ1v) is 5.51. The van der Waals surface area contributed by atoms with E-state index in [2.05, 4.69) is 0 Å². The van der Waals surface area contributed by atoms with Crippen molar-refractivity contribution in [2.45, 2.75) is 19.8 Å². The lowest BCUT2D eigenvalue weighted by molar-refractivity contribution is -0.127. The molecule has 1 aliphatic heterocycles. The molecule has 1 heterocycles. The fourth-order valence-corrected chi connectivity index (χ4v) is 1.55. The Balaban J connectivity index is 0.000000160. The van der Waals surface area contributed by atoms with Crippen LogP contribution in [0.1, 0.15) is 25.3 Å². The highest BCUT2D eigenvalue weighted by atomic mass is 16.2. The molecule has 0 atom stereocenters. The van der Waals surface area contributed by atoms with E-state index in [-0.39, 0.29) is 0 Å². The molecular weight excluding hydrogens is 200 g/mol. The molecule has 0 aliphatic carbocycles. The number of nitriles is 1. The number of hydrogen-bond acceptors (Lipinski definition) is 2. The minimum atomic E-state index is 0.326. The summed E-state index contributed by atoms with van der Waals surface area (Å²) in [6.45, 7) is 3.89. The highest BCUT2D eigenvalue weighted by Gasteiger charge is 2.16. The van der Waals surface area contributed by atoms with Crippen molar-refractivity contribution >= 4 is 5.91 Å². The van der Waals surface area contributed by atoms with Crippen molar-refractivity contribution in [3.8, 4) is 6.07 Å². The molecule has 0 bridgehead atoms. The summed E-state index contributed by atoms with van der Waals surface area (Å²) < 4.78 is 0. The largest absolute Gasteiger partial charge is 0.343 e. The summed E-state index contributed by atoms with van der Waals surface area (Å²) in [6.07, 6.45) is 1.83. The maximum absolute atomic E-state index is 10.7. The van der Waals surface area contributed by atoms with Gasteiger partial charge < -0.3 is 4.90 Å². The van der Waals surface area contributed by atoms with Crippen LogP contribution in [-0.2, 0) is 4.79 Å². The van der Waals surface area contributed by atoms with Gasteiger partial charge in [0.25, 0.3) is 0 Å². The Morgan fingerprint density at radius 3 is 2.38 bits per heavy atom. The minimum absolute atomic E-state index is 0.326. The van der Waals surface area contributed by atoms with E-state index in [1.807, 2.05) is 36.1 Å². The Morgan fingerprint density at radius 2 is 2.06 bits per heavy atom. The summed E-state index contributed by atoms with van der Waals surface area (Å²) in [5.41, 5.74) is 0.715. The summed E-state index contributed by atoms with van der Waals surface area (Å²) >= 11 is 0. The molecule has 1 saturated heterocycles. The van der Waals surface area contributed by atoms with Crippen LogP contribution in [0.4, 0.5) is 0 Å². The van der Waals surface area contributed by atoms with Gasteiger partial charge in [0.2, 0.25) is 5.91 Å². The molecule has 2 rings (SSSR count). The topological polar surface area (TPSA) is 44.1 Å². The van der Waals surface area contributed by atoms with Crippen LogP contribution in [0.5, 0.6) is 0 Å². The molecule has 0 saturated carbocycles. The van der Waals surface area contributed by atoms with Crippen LogP contribution in [0.25, 0.3) is 0 Å². The molecule has 1 fully saturated rings. The molecule has 1 aromatic carbocycles. The van der Waals surface area contributed by atoms with E-state index < -0.39 is 0 Å². The van der Waals surface area contributed by atoms with Gasteiger partial charge in [0.05, 0.1) is 11.6 Å². The standard InChI is InChI=1S/C7H5N.C6H11NO/c8-6-7-4-2-1-3-5-7;1-2-7-5-3-4-6(7)8/h1-5H;2-5H2,1H3. The molecule has 0 spiro atoms. The Kier molecular flexibility index (Phi) is 5.07. The molecular formula is C13H16N2O. The molecule has 0 unspecified atom stereocenters. The van der Waals surface area contributed by atoms with Gasteiger partial charge in [-0.15, -0.1) is 0 Å². The second kappa shape index (κ2) is 6.62. The fourth-order valence-electron chi connectivity index (χ4n) is 1.55. The van der Waals surface area contributed by atoms with Crippen LogP contribution in [0.3, 0.4) is 0 Å². The second-order valence-electron chi connectivity index (χ2n) is 3.55. The Hall–Kier alpha value is -1.82. The number of likely N-dealkylation sites (tertiary alicyclic amines) is 1. The predicted molar refractivity (Wildman–Crippen MR) is 62.6 cm³/mol. The van der Waals surface area contributed by atoms with Gasteiger partial charge in [0, 0.05) is 19.5 Å². The zero-order valence-electron chi connectivity index (χ0n) is 9.52. The smallest absolute Gasteiger partial charge is 0.222 e. The molecule has 3 heteroatoms. The first-order chi connectivity index (χ1) is 7.77.